The zero-order chi connectivity index (χ0) is 15.7. The molecule has 1 N–H and O–H groups in total. The first-order chi connectivity index (χ1) is 10.5. The number of non-ortho nitro benzene ring substituents is 1. The van der Waals surface area contributed by atoms with E-state index in [1.165, 1.54) is 18.2 Å². The van der Waals surface area contributed by atoms with Crippen LogP contribution >= 0.6 is 0 Å². The van der Waals surface area contributed by atoms with Crippen LogP contribution < -0.4 is 10.1 Å². The first kappa shape index (κ1) is 14.3. The van der Waals surface area contributed by atoms with Gasteiger partial charge in [-0.1, -0.05) is 6.07 Å². The lowest BCUT2D eigenvalue weighted by molar-refractivity contribution is -0.384. The predicted molar refractivity (Wildman–Crippen MR) is 72.4 cm³/mol. The molecule has 2 fully saturated rings. The van der Waals surface area contributed by atoms with Crippen LogP contribution in [0.1, 0.15) is 0 Å². The smallest absolute Gasteiger partial charge is 0.325 e. The number of urea groups is 1. The van der Waals surface area contributed by atoms with Gasteiger partial charge >= 0.3 is 6.03 Å². The molecule has 1 aromatic rings. The summed E-state index contributed by atoms with van der Waals surface area (Å²) in [5.74, 6) is -0.0191. The van der Waals surface area contributed by atoms with Crippen molar-refractivity contribution in [2.75, 3.05) is 26.4 Å². The molecule has 0 aliphatic carbocycles. The van der Waals surface area contributed by atoms with Crippen molar-refractivity contribution < 1.29 is 24.0 Å². The quantitative estimate of drug-likeness (QED) is 0.475. The number of benzene rings is 1. The Kier molecular flexibility index (Phi) is 3.41. The van der Waals surface area contributed by atoms with Crippen LogP contribution in [0.4, 0.5) is 10.5 Å². The number of nitrogens with zero attached hydrogens (tertiary/aromatic N) is 2. The lowest BCUT2D eigenvalue weighted by Gasteiger charge is -2.34. The lowest BCUT2D eigenvalue weighted by Crippen LogP contribution is -2.62. The molecule has 116 valence electrons. The molecule has 2 aliphatic heterocycles. The Labute approximate surface area is 124 Å². The molecule has 0 saturated carbocycles. The third-order valence-electron chi connectivity index (χ3n) is 3.55. The Morgan fingerprint density at radius 2 is 2.18 bits per heavy atom. The zero-order valence-corrected chi connectivity index (χ0v) is 11.5. The highest BCUT2D eigenvalue weighted by Gasteiger charge is 2.56. The Balaban J connectivity index is 1.57. The number of rotatable bonds is 5. The summed E-state index contributed by atoms with van der Waals surface area (Å²) >= 11 is 0. The minimum absolute atomic E-state index is 0.0528. The van der Waals surface area contributed by atoms with Crippen molar-refractivity contribution in [2.24, 2.45) is 0 Å². The molecule has 2 heterocycles. The number of nitro groups is 1. The van der Waals surface area contributed by atoms with Crippen molar-refractivity contribution >= 4 is 17.6 Å². The summed E-state index contributed by atoms with van der Waals surface area (Å²) in [6.45, 7) is 0.478. The van der Waals surface area contributed by atoms with Crippen LogP contribution in [0.3, 0.4) is 0 Å². The molecule has 0 atom stereocenters. The van der Waals surface area contributed by atoms with Gasteiger partial charge in [-0.25, -0.2) is 4.79 Å². The normalized spacial score (nSPS) is 19.0. The average molecular weight is 307 g/mol. The van der Waals surface area contributed by atoms with Crippen molar-refractivity contribution in [3.05, 3.63) is 34.4 Å². The number of ether oxygens (including phenoxy) is 2. The van der Waals surface area contributed by atoms with E-state index in [2.05, 4.69) is 5.32 Å². The van der Waals surface area contributed by atoms with Crippen LogP contribution in [0.15, 0.2) is 24.3 Å². The SMILES string of the molecule is O=C1NC2(COC2)C(=O)N1CCOc1cccc([N+](=O)[O-])c1. The highest BCUT2D eigenvalue weighted by Crippen LogP contribution is 2.25. The highest BCUT2D eigenvalue weighted by molar-refractivity contribution is 6.07. The fourth-order valence-electron chi connectivity index (χ4n) is 2.32. The summed E-state index contributed by atoms with van der Waals surface area (Å²) in [6, 6.07) is 5.23. The van der Waals surface area contributed by atoms with E-state index in [9.17, 15) is 19.7 Å². The number of carbonyl (C=O) groups is 2. The van der Waals surface area contributed by atoms with Gasteiger partial charge in [0.1, 0.15) is 12.4 Å². The monoisotopic (exact) mass is 307 g/mol. The summed E-state index contributed by atoms with van der Waals surface area (Å²) < 4.78 is 10.3. The number of amides is 3. The number of hydrogen-bond acceptors (Lipinski definition) is 6. The number of nitrogens with one attached hydrogen (secondary N) is 1. The molecule has 1 spiro atoms. The molecule has 0 bridgehead atoms. The van der Waals surface area contributed by atoms with E-state index < -0.39 is 16.5 Å². The van der Waals surface area contributed by atoms with Gasteiger partial charge in [0.25, 0.3) is 11.6 Å². The van der Waals surface area contributed by atoms with Crippen molar-refractivity contribution in [1.29, 1.82) is 0 Å². The van der Waals surface area contributed by atoms with Gasteiger partial charge < -0.3 is 14.8 Å². The summed E-state index contributed by atoms with van der Waals surface area (Å²) in [5, 5.41) is 13.3. The summed E-state index contributed by atoms with van der Waals surface area (Å²) in [4.78, 5) is 35.1. The topological polar surface area (TPSA) is 111 Å². The van der Waals surface area contributed by atoms with Crippen LogP contribution in [0.25, 0.3) is 0 Å². The van der Waals surface area contributed by atoms with Crippen molar-refractivity contribution in [2.45, 2.75) is 5.54 Å². The van der Waals surface area contributed by atoms with E-state index in [1.54, 1.807) is 6.07 Å². The van der Waals surface area contributed by atoms with Crippen LogP contribution in [-0.2, 0) is 9.53 Å². The molecule has 0 unspecified atom stereocenters. The standard InChI is InChI=1S/C13H13N3O6/c17-11-13(7-21-8-13)14-12(18)15(11)4-5-22-10-3-1-2-9(6-10)16(19)20/h1-3,6H,4-5,7-8H2,(H,14,18). The average Bonchev–Trinajstić information content (AvgIpc) is 2.72. The maximum Gasteiger partial charge on any atom is 0.325 e. The number of nitro benzene ring substituents is 1. The minimum Gasteiger partial charge on any atom is -0.491 e. The van der Waals surface area contributed by atoms with Crippen LogP contribution in [0, 0.1) is 10.1 Å². The maximum atomic E-state index is 12.1. The molecule has 2 saturated heterocycles. The third-order valence-corrected chi connectivity index (χ3v) is 3.55. The lowest BCUT2D eigenvalue weighted by atomic mass is 9.98. The second-order valence-electron chi connectivity index (χ2n) is 5.06. The highest BCUT2D eigenvalue weighted by atomic mass is 16.6. The van der Waals surface area contributed by atoms with E-state index in [1.807, 2.05) is 0 Å². The zero-order valence-electron chi connectivity index (χ0n) is 11.5. The maximum absolute atomic E-state index is 12.1. The van der Waals surface area contributed by atoms with Gasteiger partial charge in [-0.05, 0) is 6.07 Å². The van der Waals surface area contributed by atoms with Crippen LogP contribution in [0.2, 0.25) is 0 Å². The van der Waals surface area contributed by atoms with Gasteiger partial charge in [0.2, 0.25) is 0 Å². The Bertz CT molecular complexity index is 642. The van der Waals surface area contributed by atoms with Gasteiger partial charge in [-0.3, -0.25) is 19.8 Å². The van der Waals surface area contributed by atoms with E-state index in [0.717, 1.165) is 4.90 Å². The van der Waals surface area contributed by atoms with E-state index in [-0.39, 0.29) is 38.0 Å². The first-order valence-electron chi connectivity index (χ1n) is 6.61. The van der Waals surface area contributed by atoms with E-state index >= 15 is 0 Å². The molecule has 3 rings (SSSR count). The molecule has 22 heavy (non-hydrogen) atoms. The minimum atomic E-state index is -0.914. The van der Waals surface area contributed by atoms with E-state index in [0.29, 0.717) is 5.75 Å². The van der Waals surface area contributed by atoms with E-state index in [4.69, 9.17) is 9.47 Å². The van der Waals surface area contributed by atoms with Gasteiger partial charge in [0.15, 0.2) is 5.54 Å². The Hall–Kier alpha value is -2.68. The molecular formula is C13H13N3O6. The van der Waals surface area contributed by atoms with Gasteiger partial charge in [-0.2, -0.15) is 0 Å². The summed E-state index contributed by atoms with van der Waals surface area (Å²) in [5.41, 5.74) is -0.999. The van der Waals surface area contributed by atoms with Crippen molar-refractivity contribution in [3.63, 3.8) is 0 Å². The second-order valence-corrected chi connectivity index (χ2v) is 5.06. The van der Waals surface area contributed by atoms with Gasteiger partial charge in [-0.15, -0.1) is 0 Å². The van der Waals surface area contributed by atoms with Crippen molar-refractivity contribution in [3.8, 4) is 5.75 Å². The molecule has 0 aromatic heterocycles. The Morgan fingerprint density at radius 3 is 2.77 bits per heavy atom. The fraction of sp³-hybridized carbons (Fsp3) is 0.385. The molecule has 9 nitrogen and oxygen atoms in total. The van der Waals surface area contributed by atoms with Crippen LogP contribution in [0.5, 0.6) is 5.75 Å². The Morgan fingerprint density at radius 1 is 1.41 bits per heavy atom. The number of carbonyl (C=O) groups excluding carboxylic acids is 2. The molecule has 9 heteroatoms. The molecule has 3 amide bonds. The fourth-order valence-corrected chi connectivity index (χ4v) is 2.32. The molecular weight excluding hydrogens is 294 g/mol. The molecule has 2 aliphatic rings. The van der Waals surface area contributed by atoms with Crippen LogP contribution in [-0.4, -0.2) is 53.7 Å². The van der Waals surface area contributed by atoms with Gasteiger partial charge in [0.05, 0.1) is 30.7 Å². The number of hydrogen-bond donors (Lipinski definition) is 1. The second kappa shape index (κ2) is 5.26. The molecule has 0 radical (unpaired) electrons. The summed E-state index contributed by atoms with van der Waals surface area (Å²) in [6.07, 6.45) is 0. The summed E-state index contributed by atoms with van der Waals surface area (Å²) in [7, 11) is 0. The molecule has 1 aromatic carbocycles. The van der Waals surface area contributed by atoms with Crippen molar-refractivity contribution in [1.82, 2.24) is 10.2 Å². The van der Waals surface area contributed by atoms with Gasteiger partial charge in [0, 0.05) is 6.07 Å². The third kappa shape index (κ3) is 2.35. The first-order valence-corrected chi connectivity index (χ1v) is 6.61. The number of imide groups is 1. The largest absolute Gasteiger partial charge is 0.491 e. The predicted octanol–water partition coefficient (Wildman–Crippen LogP) is 0.294.